The van der Waals surface area contributed by atoms with Crippen molar-refractivity contribution in [2.45, 2.75) is 0 Å². The number of halogens is 2. The zero-order chi connectivity index (χ0) is 18.5. The molecule has 0 radical (unpaired) electrons. The first-order valence-corrected chi connectivity index (χ1v) is 9.37. The van der Waals surface area contributed by atoms with Crippen LogP contribution in [0, 0.1) is 0 Å². The van der Waals surface area contributed by atoms with E-state index in [4.69, 9.17) is 27.9 Å². The van der Waals surface area contributed by atoms with E-state index in [2.05, 4.69) is 5.32 Å². The summed E-state index contributed by atoms with van der Waals surface area (Å²) < 4.78 is 5.28. The highest BCUT2D eigenvalue weighted by Crippen LogP contribution is 2.25. The fourth-order valence-electron chi connectivity index (χ4n) is 3.03. The molecule has 26 heavy (non-hydrogen) atoms. The van der Waals surface area contributed by atoms with Gasteiger partial charge in [-0.2, -0.15) is 0 Å². The van der Waals surface area contributed by atoms with E-state index in [1.165, 1.54) is 0 Å². The highest BCUT2D eigenvalue weighted by Gasteiger charge is 2.26. The van der Waals surface area contributed by atoms with Gasteiger partial charge >= 0.3 is 6.03 Å². The molecule has 3 rings (SSSR count). The highest BCUT2D eigenvalue weighted by atomic mass is 35.5. The van der Waals surface area contributed by atoms with E-state index >= 15 is 0 Å². The molecule has 9 heteroatoms. The van der Waals surface area contributed by atoms with Crippen LogP contribution < -0.4 is 5.32 Å². The molecular formula is C17H22Cl2N4O3. The molecule has 2 heterocycles. The second-order valence-electron chi connectivity index (χ2n) is 6.32. The number of piperazine rings is 1. The Kier molecular flexibility index (Phi) is 6.58. The van der Waals surface area contributed by atoms with Crippen LogP contribution in [0.1, 0.15) is 0 Å². The lowest BCUT2D eigenvalue weighted by atomic mass is 10.3. The Hall–Kier alpha value is -1.54. The third kappa shape index (κ3) is 5.01. The first-order chi connectivity index (χ1) is 12.5. The Morgan fingerprint density at radius 2 is 1.62 bits per heavy atom. The second kappa shape index (κ2) is 8.90. The third-order valence-corrected chi connectivity index (χ3v) is 5.23. The van der Waals surface area contributed by atoms with Crippen molar-refractivity contribution in [1.29, 1.82) is 0 Å². The molecule has 1 aromatic carbocycles. The molecule has 2 aliphatic rings. The van der Waals surface area contributed by atoms with E-state index in [1.807, 2.05) is 14.7 Å². The van der Waals surface area contributed by atoms with Crippen LogP contribution in [0.2, 0.25) is 10.0 Å². The van der Waals surface area contributed by atoms with Crippen molar-refractivity contribution in [3.05, 3.63) is 28.2 Å². The van der Waals surface area contributed by atoms with E-state index in [0.717, 1.165) is 0 Å². The standard InChI is InChI=1S/C17H22Cl2N4O3/c18-14-2-1-13(11-15(14)19)20-16(24)12-21-3-5-22(6-4-21)17(25)23-7-9-26-10-8-23/h1-2,11H,3-10,12H2,(H,20,24). The van der Waals surface area contributed by atoms with E-state index < -0.39 is 0 Å². The van der Waals surface area contributed by atoms with Crippen LogP contribution in [0.3, 0.4) is 0 Å². The zero-order valence-corrected chi connectivity index (χ0v) is 15.9. The van der Waals surface area contributed by atoms with Crippen LogP contribution in [0.25, 0.3) is 0 Å². The van der Waals surface area contributed by atoms with Crippen LogP contribution >= 0.6 is 23.2 Å². The lowest BCUT2D eigenvalue weighted by molar-refractivity contribution is -0.117. The van der Waals surface area contributed by atoms with Gasteiger partial charge in [0.15, 0.2) is 0 Å². The summed E-state index contributed by atoms with van der Waals surface area (Å²) in [5.74, 6) is -0.114. The van der Waals surface area contributed by atoms with Crippen LogP contribution in [0.4, 0.5) is 10.5 Å². The van der Waals surface area contributed by atoms with E-state index in [0.29, 0.717) is 68.2 Å². The number of benzene rings is 1. The summed E-state index contributed by atoms with van der Waals surface area (Å²) in [4.78, 5) is 30.4. The van der Waals surface area contributed by atoms with Gasteiger partial charge in [0, 0.05) is 45.0 Å². The van der Waals surface area contributed by atoms with Gasteiger partial charge in [0.2, 0.25) is 5.91 Å². The number of nitrogens with one attached hydrogen (secondary N) is 1. The van der Waals surface area contributed by atoms with Gasteiger partial charge in [-0.3, -0.25) is 9.69 Å². The molecule has 142 valence electrons. The van der Waals surface area contributed by atoms with E-state index in [1.54, 1.807) is 18.2 Å². The van der Waals surface area contributed by atoms with Gasteiger partial charge in [-0.25, -0.2) is 4.79 Å². The number of morpholine rings is 1. The summed E-state index contributed by atoms with van der Waals surface area (Å²) in [6.45, 7) is 5.35. The molecule has 0 bridgehead atoms. The van der Waals surface area contributed by atoms with Crippen molar-refractivity contribution in [2.75, 3.05) is 64.3 Å². The fraction of sp³-hybridized carbons (Fsp3) is 0.529. The minimum Gasteiger partial charge on any atom is -0.378 e. The summed E-state index contributed by atoms with van der Waals surface area (Å²) in [6.07, 6.45) is 0. The quantitative estimate of drug-likeness (QED) is 0.842. The molecule has 0 atom stereocenters. The lowest BCUT2D eigenvalue weighted by Crippen LogP contribution is -2.55. The monoisotopic (exact) mass is 400 g/mol. The number of carbonyl (C=O) groups is 2. The maximum Gasteiger partial charge on any atom is 0.320 e. The molecule has 2 aliphatic heterocycles. The van der Waals surface area contributed by atoms with Crippen molar-refractivity contribution in [3.63, 3.8) is 0 Å². The number of hydrogen-bond donors (Lipinski definition) is 1. The summed E-state index contributed by atoms with van der Waals surface area (Å²) in [5.41, 5.74) is 0.616. The van der Waals surface area contributed by atoms with Gasteiger partial charge in [-0.05, 0) is 18.2 Å². The molecule has 1 aromatic rings. The number of amides is 3. The number of anilines is 1. The molecule has 0 spiro atoms. The molecular weight excluding hydrogens is 379 g/mol. The Bertz CT molecular complexity index is 659. The van der Waals surface area contributed by atoms with Crippen LogP contribution in [0.15, 0.2) is 18.2 Å². The third-order valence-electron chi connectivity index (χ3n) is 4.49. The molecule has 0 aliphatic carbocycles. The summed E-state index contributed by atoms with van der Waals surface area (Å²) in [7, 11) is 0. The summed E-state index contributed by atoms with van der Waals surface area (Å²) >= 11 is 11.8. The van der Waals surface area contributed by atoms with Gasteiger partial charge in [0.05, 0.1) is 29.8 Å². The van der Waals surface area contributed by atoms with Gasteiger partial charge in [0.25, 0.3) is 0 Å². The topological polar surface area (TPSA) is 65.1 Å². The maximum absolute atomic E-state index is 12.5. The number of urea groups is 1. The van der Waals surface area contributed by atoms with E-state index in [-0.39, 0.29) is 18.5 Å². The van der Waals surface area contributed by atoms with Crippen molar-refractivity contribution in [1.82, 2.24) is 14.7 Å². The minimum atomic E-state index is -0.114. The molecule has 2 saturated heterocycles. The number of ether oxygens (including phenoxy) is 1. The Labute approximate surface area is 162 Å². The van der Waals surface area contributed by atoms with Gasteiger partial charge in [-0.15, -0.1) is 0 Å². The van der Waals surface area contributed by atoms with Gasteiger partial charge in [0.1, 0.15) is 0 Å². The smallest absolute Gasteiger partial charge is 0.320 e. The van der Waals surface area contributed by atoms with Crippen LogP contribution in [-0.2, 0) is 9.53 Å². The number of rotatable bonds is 3. The Morgan fingerprint density at radius 1 is 0.962 bits per heavy atom. The van der Waals surface area contributed by atoms with Gasteiger partial charge in [-0.1, -0.05) is 23.2 Å². The van der Waals surface area contributed by atoms with Crippen LogP contribution in [-0.4, -0.2) is 85.7 Å². The molecule has 1 N–H and O–H groups in total. The number of nitrogens with zero attached hydrogens (tertiary/aromatic N) is 3. The zero-order valence-electron chi connectivity index (χ0n) is 14.4. The SMILES string of the molecule is O=C(CN1CCN(C(=O)N2CCOCC2)CC1)Nc1ccc(Cl)c(Cl)c1. The molecule has 0 aromatic heterocycles. The number of carbonyl (C=O) groups excluding carboxylic acids is 2. The van der Waals surface area contributed by atoms with Crippen LogP contribution in [0.5, 0.6) is 0 Å². The van der Waals surface area contributed by atoms with Crippen molar-refractivity contribution in [3.8, 4) is 0 Å². The van der Waals surface area contributed by atoms with Crippen molar-refractivity contribution in [2.24, 2.45) is 0 Å². The average Bonchev–Trinajstić information content (AvgIpc) is 2.65. The van der Waals surface area contributed by atoms with Crippen molar-refractivity contribution < 1.29 is 14.3 Å². The average molecular weight is 401 g/mol. The first-order valence-electron chi connectivity index (χ1n) is 8.62. The second-order valence-corrected chi connectivity index (χ2v) is 7.14. The predicted molar refractivity (Wildman–Crippen MR) is 101 cm³/mol. The molecule has 0 saturated carbocycles. The summed E-state index contributed by atoms with van der Waals surface area (Å²) in [6, 6.07) is 5.05. The lowest BCUT2D eigenvalue weighted by Gasteiger charge is -2.38. The van der Waals surface area contributed by atoms with E-state index in [9.17, 15) is 9.59 Å². The first kappa shape index (κ1) is 19.2. The summed E-state index contributed by atoms with van der Waals surface area (Å²) in [5, 5.41) is 3.67. The number of hydrogen-bond acceptors (Lipinski definition) is 4. The van der Waals surface area contributed by atoms with Crippen molar-refractivity contribution >= 4 is 40.8 Å². The molecule has 2 fully saturated rings. The normalized spacial score (nSPS) is 18.7. The largest absolute Gasteiger partial charge is 0.378 e. The fourth-order valence-corrected chi connectivity index (χ4v) is 3.33. The molecule has 7 nitrogen and oxygen atoms in total. The maximum atomic E-state index is 12.5. The molecule has 0 unspecified atom stereocenters. The highest BCUT2D eigenvalue weighted by molar-refractivity contribution is 6.42. The minimum absolute atomic E-state index is 0.0632. The van der Waals surface area contributed by atoms with Gasteiger partial charge < -0.3 is 19.9 Å². The Balaban J connectivity index is 1.43. The predicted octanol–water partition coefficient (Wildman–Crippen LogP) is 2.00. The molecule has 3 amide bonds. The Morgan fingerprint density at radius 3 is 2.27 bits per heavy atom.